The van der Waals surface area contributed by atoms with E-state index in [0.717, 1.165) is 67.8 Å². The number of nitrogens with zero attached hydrogens (tertiary/aromatic N) is 4. The number of hydrogen-bond donors (Lipinski definition) is 2. The van der Waals surface area contributed by atoms with Crippen LogP contribution in [0.5, 0.6) is 0 Å². The smallest absolute Gasteiger partial charge is 0.407 e. The lowest BCUT2D eigenvalue weighted by Gasteiger charge is -2.42. The fraction of sp³-hybridized carbons (Fsp3) is 0.630. The van der Waals surface area contributed by atoms with Crippen LogP contribution in [0.15, 0.2) is 18.2 Å². The summed E-state index contributed by atoms with van der Waals surface area (Å²) in [6.45, 7) is 10.6. The maximum atomic E-state index is 12.4. The summed E-state index contributed by atoms with van der Waals surface area (Å²) in [6.07, 6.45) is 2.54. The molecule has 1 unspecified atom stereocenters. The minimum Gasteiger partial charge on any atom is -0.444 e. The van der Waals surface area contributed by atoms with Crippen molar-refractivity contribution in [3.8, 4) is 0 Å². The van der Waals surface area contributed by atoms with Crippen molar-refractivity contribution in [2.75, 3.05) is 37.6 Å². The van der Waals surface area contributed by atoms with Crippen molar-refractivity contribution in [1.29, 1.82) is 0 Å². The van der Waals surface area contributed by atoms with Crippen molar-refractivity contribution in [3.63, 3.8) is 0 Å². The van der Waals surface area contributed by atoms with Gasteiger partial charge in [0, 0.05) is 63.3 Å². The van der Waals surface area contributed by atoms with Gasteiger partial charge in [0.2, 0.25) is 11.8 Å². The number of amides is 3. The molecule has 0 bridgehead atoms. The Labute approximate surface area is 217 Å². The molecule has 1 atom stereocenters. The molecular formula is C27H38N6O4. The molecule has 1 saturated carbocycles. The van der Waals surface area contributed by atoms with Crippen LogP contribution >= 0.6 is 0 Å². The molecule has 3 aliphatic rings. The Balaban J connectivity index is 1.13. The lowest BCUT2D eigenvalue weighted by atomic mass is 9.80. The number of imide groups is 1. The first kappa shape index (κ1) is 25.5. The summed E-state index contributed by atoms with van der Waals surface area (Å²) in [5.41, 5.74) is 2.44. The van der Waals surface area contributed by atoms with Crippen LogP contribution < -0.4 is 15.5 Å². The number of fused-ring (bicyclic) bond motifs is 1. The number of carbonyl (C=O) groups excluding carboxylic acids is 3. The summed E-state index contributed by atoms with van der Waals surface area (Å²) in [5.74, 6) is -0.239. The van der Waals surface area contributed by atoms with Crippen LogP contribution in [0.4, 0.5) is 10.5 Å². The number of anilines is 1. The first-order valence-electron chi connectivity index (χ1n) is 13.3. The van der Waals surface area contributed by atoms with Gasteiger partial charge in [0.1, 0.15) is 5.60 Å². The highest BCUT2D eigenvalue weighted by atomic mass is 16.6. The van der Waals surface area contributed by atoms with Gasteiger partial charge in [0.25, 0.3) is 0 Å². The summed E-state index contributed by atoms with van der Waals surface area (Å²) in [5, 5.41) is 11.1. The van der Waals surface area contributed by atoms with Gasteiger partial charge in [0.05, 0.1) is 17.1 Å². The van der Waals surface area contributed by atoms with Gasteiger partial charge in [-0.1, -0.05) is 0 Å². The van der Waals surface area contributed by atoms with Crippen LogP contribution in [-0.4, -0.2) is 77.0 Å². The van der Waals surface area contributed by atoms with Crippen LogP contribution in [0.1, 0.15) is 58.1 Å². The number of piperazine rings is 1. The molecule has 37 heavy (non-hydrogen) atoms. The minimum atomic E-state index is -0.468. The SMILES string of the molecule is Cn1nc(C2CCC(=O)NC2=O)c2ccc(N3CCN(C[C@H]4C[C@H](NC(=O)OC(C)(C)C)C4)CC3)cc21. The van der Waals surface area contributed by atoms with Gasteiger partial charge < -0.3 is 15.0 Å². The molecule has 3 amide bonds. The van der Waals surface area contributed by atoms with Crippen LogP contribution in [0.25, 0.3) is 10.9 Å². The summed E-state index contributed by atoms with van der Waals surface area (Å²) in [4.78, 5) is 40.8. The third-order valence-corrected chi connectivity index (χ3v) is 7.64. The van der Waals surface area contributed by atoms with Gasteiger partial charge in [-0.15, -0.1) is 0 Å². The number of alkyl carbamates (subject to hydrolysis) is 1. The molecule has 1 aliphatic carbocycles. The fourth-order valence-electron chi connectivity index (χ4n) is 5.71. The van der Waals surface area contributed by atoms with Crippen molar-refractivity contribution in [1.82, 2.24) is 25.3 Å². The molecule has 2 aromatic rings. The molecule has 10 nitrogen and oxygen atoms in total. The van der Waals surface area contributed by atoms with Crippen LogP contribution in [0.3, 0.4) is 0 Å². The van der Waals surface area contributed by atoms with Crippen LogP contribution in [-0.2, 0) is 21.4 Å². The highest BCUT2D eigenvalue weighted by molar-refractivity contribution is 6.02. The molecule has 1 aromatic carbocycles. The zero-order chi connectivity index (χ0) is 26.3. The van der Waals surface area contributed by atoms with Crippen molar-refractivity contribution in [2.45, 2.75) is 64.0 Å². The van der Waals surface area contributed by atoms with Gasteiger partial charge in [-0.05, 0) is 64.2 Å². The monoisotopic (exact) mass is 510 g/mol. The van der Waals surface area contributed by atoms with E-state index in [-0.39, 0.29) is 29.9 Å². The van der Waals surface area contributed by atoms with E-state index in [1.54, 1.807) is 0 Å². The van der Waals surface area contributed by atoms with Gasteiger partial charge in [-0.2, -0.15) is 5.10 Å². The van der Waals surface area contributed by atoms with E-state index in [4.69, 9.17) is 4.74 Å². The highest BCUT2D eigenvalue weighted by Crippen LogP contribution is 2.33. The van der Waals surface area contributed by atoms with E-state index < -0.39 is 5.60 Å². The zero-order valence-electron chi connectivity index (χ0n) is 22.2. The second-order valence-electron chi connectivity index (χ2n) is 11.7. The second kappa shape index (κ2) is 9.96. The number of rotatable bonds is 5. The average Bonchev–Trinajstić information content (AvgIpc) is 3.12. The summed E-state index contributed by atoms with van der Waals surface area (Å²) >= 11 is 0. The molecule has 0 radical (unpaired) electrons. The topological polar surface area (TPSA) is 109 Å². The van der Waals surface area contributed by atoms with Gasteiger partial charge in [-0.25, -0.2) is 4.79 Å². The Morgan fingerprint density at radius 2 is 1.89 bits per heavy atom. The first-order valence-corrected chi connectivity index (χ1v) is 13.3. The van der Waals surface area contributed by atoms with Crippen molar-refractivity contribution >= 4 is 34.5 Å². The number of nitrogens with one attached hydrogen (secondary N) is 2. The molecule has 2 aliphatic heterocycles. The number of aromatic nitrogens is 2. The molecule has 10 heteroatoms. The summed E-state index contributed by atoms with van der Waals surface area (Å²) in [6, 6.07) is 6.56. The zero-order valence-corrected chi connectivity index (χ0v) is 22.2. The summed E-state index contributed by atoms with van der Waals surface area (Å²) in [7, 11) is 1.91. The quantitative estimate of drug-likeness (QED) is 0.595. The molecule has 2 N–H and O–H groups in total. The first-order chi connectivity index (χ1) is 17.6. The van der Waals surface area contributed by atoms with Gasteiger partial charge >= 0.3 is 6.09 Å². The van der Waals surface area contributed by atoms with Gasteiger partial charge in [-0.3, -0.25) is 24.5 Å². The van der Waals surface area contributed by atoms with Crippen LogP contribution in [0.2, 0.25) is 0 Å². The highest BCUT2D eigenvalue weighted by Gasteiger charge is 2.34. The van der Waals surface area contributed by atoms with E-state index in [1.807, 2.05) is 32.5 Å². The van der Waals surface area contributed by atoms with Crippen LogP contribution in [0, 0.1) is 5.92 Å². The number of carbonyl (C=O) groups is 3. The molecule has 0 spiro atoms. The Hall–Kier alpha value is -3.14. The number of ether oxygens (including phenoxy) is 1. The normalized spacial score (nSPS) is 25.1. The van der Waals surface area contributed by atoms with E-state index in [2.05, 4.69) is 43.7 Å². The average molecular weight is 511 g/mol. The van der Waals surface area contributed by atoms with E-state index in [9.17, 15) is 14.4 Å². The Kier molecular flexibility index (Phi) is 6.87. The molecular weight excluding hydrogens is 472 g/mol. The molecule has 3 fully saturated rings. The molecule has 3 heterocycles. The van der Waals surface area contributed by atoms with E-state index in [1.165, 1.54) is 0 Å². The number of benzene rings is 1. The molecule has 200 valence electrons. The van der Waals surface area contributed by atoms with Crippen molar-refractivity contribution in [2.24, 2.45) is 13.0 Å². The van der Waals surface area contributed by atoms with Crippen molar-refractivity contribution in [3.05, 3.63) is 23.9 Å². The lowest BCUT2D eigenvalue weighted by Crippen LogP contribution is -2.52. The van der Waals surface area contributed by atoms with Gasteiger partial charge in [0.15, 0.2) is 0 Å². The van der Waals surface area contributed by atoms with Crippen molar-refractivity contribution < 1.29 is 19.1 Å². The predicted molar refractivity (Wildman–Crippen MR) is 140 cm³/mol. The summed E-state index contributed by atoms with van der Waals surface area (Å²) < 4.78 is 7.20. The Morgan fingerprint density at radius 1 is 1.16 bits per heavy atom. The maximum Gasteiger partial charge on any atom is 0.407 e. The molecule has 5 rings (SSSR count). The van der Waals surface area contributed by atoms with E-state index >= 15 is 0 Å². The maximum absolute atomic E-state index is 12.4. The fourth-order valence-corrected chi connectivity index (χ4v) is 5.71. The second-order valence-corrected chi connectivity index (χ2v) is 11.7. The number of hydrogen-bond acceptors (Lipinski definition) is 7. The van der Waals surface area contributed by atoms with E-state index in [0.29, 0.717) is 18.8 Å². The third kappa shape index (κ3) is 5.74. The predicted octanol–water partition coefficient (Wildman–Crippen LogP) is 2.52. The molecule has 1 aromatic heterocycles. The third-order valence-electron chi connectivity index (χ3n) is 7.64. The Morgan fingerprint density at radius 3 is 2.57 bits per heavy atom. The minimum absolute atomic E-state index is 0.211. The molecule has 2 saturated heterocycles. The number of aryl methyl sites for hydroxylation is 1. The number of piperidine rings is 1. The standard InChI is InChI=1S/C27H38N6O4/c1-27(2,3)37-26(36)28-18-13-17(14-18)16-32-9-11-33(12-10-32)19-5-6-20-22(15-19)31(4)30-24(20)21-7-8-23(34)29-25(21)35/h5-6,15,17-18,21H,7-14,16H2,1-4H3,(H,28,36)(H,29,34,35)/t17-,18-,21?. The largest absolute Gasteiger partial charge is 0.444 e. The lowest BCUT2D eigenvalue weighted by molar-refractivity contribution is -0.134. The Bertz CT molecular complexity index is 1190.